The summed E-state index contributed by atoms with van der Waals surface area (Å²) in [6.07, 6.45) is -5.71. The van der Waals surface area contributed by atoms with Gasteiger partial charge in [0.25, 0.3) is 5.91 Å². The largest absolute Gasteiger partial charge is 0.497 e. The predicted molar refractivity (Wildman–Crippen MR) is 139 cm³/mol. The molecule has 0 spiro atoms. The van der Waals surface area contributed by atoms with Gasteiger partial charge in [-0.25, -0.2) is 4.79 Å². The standard InChI is InChI=1S/C28H31N3O7/c1-37-21-12-10-17(11-13-21)15-29-28(36)30-16-22-24(32)25(33)23(27(35)38-22)31-26(34)20-9-5-8-19(14-20)18-6-3-2-4-7-18/h2-14,22-25,27,32-33,35H,15-16H2,1H3,(H,31,34)(H2,29,30,36)/t22-,23+,24-,25-,27+/m1/s1. The zero-order valence-electron chi connectivity index (χ0n) is 20.8. The van der Waals surface area contributed by atoms with E-state index in [1.807, 2.05) is 48.5 Å². The van der Waals surface area contributed by atoms with E-state index < -0.39 is 42.6 Å². The van der Waals surface area contributed by atoms with Gasteiger partial charge >= 0.3 is 6.03 Å². The van der Waals surface area contributed by atoms with Crippen LogP contribution < -0.4 is 20.7 Å². The lowest BCUT2D eigenvalue weighted by molar-refractivity contribution is -0.243. The van der Waals surface area contributed by atoms with Gasteiger partial charge in [0.15, 0.2) is 6.29 Å². The van der Waals surface area contributed by atoms with Gasteiger partial charge in [0, 0.05) is 18.7 Å². The topological polar surface area (TPSA) is 149 Å². The summed E-state index contributed by atoms with van der Waals surface area (Å²) in [7, 11) is 1.57. The molecule has 200 valence electrons. The number of rotatable bonds is 8. The number of aliphatic hydroxyl groups excluding tert-OH is 3. The quantitative estimate of drug-likeness (QED) is 0.262. The minimum Gasteiger partial charge on any atom is -0.497 e. The zero-order chi connectivity index (χ0) is 27.1. The molecule has 6 N–H and O–H groups in total. The van der Waals surface area contributed by atoms with Crippen LogP contribution in [-0.4, -0.2) is 71.6 Å². The van der Waals surface area contributed by atoms with Crippen LogP contribution in [0.3, 0.4) is 0 Å². The fraction of sp³-hybridized carbons (Fsp3) is 0.286. The molecular formula is C28H31N3O7. The van der Waals surface area contributed by atoms with Gasteiger partial charge in [0.05, 0.1) is 7.11 Å². The van der Waals surface area contributed by atoms with Gasteiger partial charge in [-0.3, -0.25) is 4.79 Å². The fourth-order valence-corrected chi connectivity index (χ4v) is 4.16. The molecular weight excluding hydrogens is 490 g/mol. The third-order valence-corrected chi connectivity index (χ3v) is 6.33. The van der Waals surface area contributed by atoms with Crippen molar-refractivity contribution in [2.75, 3.05) is 13.7 Å². The molecule has 5 atom stereocenters. The number of methoxy groups -OCH3 is 1. The monoisotopic (exact) mass is 521 g/mol. The van der Waals surface area contributed by atoms with Crippen LogP contribution >= 0.6 is 0 Å². The van der Waals surface area contributed by atoms with Crippen molar-refractivity contribution in [3.8, 4) is 16.9 Å². The van der Waals surface area contributed by atoms with Gasteiger partial charge in [-0.05, 0) is 41.0 Å². The number of ether oxygens (including phenoxy) is 2. The third kappa shape index (κ3) is 6.67. The first-order valence-corrected chi connectivity index (χ1v) is 12.2. The zero-order valence-corrected chi connectivity index (χ0v) is 20.8. The number of nitrogens with one attached hydrogen (secondary N) is 3. The first-order valence-electron chi connectivity index (χ1n) is 12.2. The molecule has 1 fully saturated rings. The average Bonchev–Trinajstić information content (AvgIpc) is 2.96. The van der Waals surface area contributed by atoms with Gasteiger partial charge in [-0.15, -0.1) is 0 Å². The van der Waals surface area contributed by atoms with Crippen LogP contribution in [0.15, 0.2) is 78.9 Å². The maximum Gasteiger partial charge on any atom is 0.315 e. The van der Waals surface area contributed by atoms with Crippen molar-refractivity contribution < 1.29 is 34.4 Å². The van der Waals surface area contributed by atoms with E-state index in [1.54, 1.807) is 37.4 Å². The minimum atomic E-state index is -1.61. The number of carbonyl (C=O) groups excluding carboxylic acids is 2. The predicted octanol–water partition coefficient (Wildman–Crippen LogP) is 1.40. The Kier molecular flexibility index (Phi) is 8.93. The molecule has 1 aliphatic rings. The van der Waals surface area contributed by atoms with Crippen molar-refractivity contribution in [3.05, 3.63) is 90.0 Å². The van der Waals surface area contributed by atoms with Gasteiger partial charge in [0.2, 0.25) is 0 Å². The van der Waals surface area contributed by atoms with Crippen molar-refractivity contribution in [3.63, 3.8) is 0 Å². The molecule has 0 bridgehead atoms. The van der Waals surface area contributed by atoms with Gasteiger partial charge in [-0.2, -0.15) is 0 Å². The Labute approximate surface area is 220 Å². The summed E-state index contributed by atoms with van der Waals surface area (Å²) >= 11 is 0. The summed E-state index contributed by atoms with van der Waals surface area (Å²) in [4.78, 5) is 25.1. The Hall–Kier alpha value is -3.96. The lowest BCUT2D eigenvalue weighted by atomic mass is 9.96. The summed E-state index contributed by atoms with van der Waals surface area (Å²) in [6.45, 7) is 0.0816. The molecule has 4 rings (SSSR count). The van der Waals surface area contributed by atoms with Crippen molar-refractivity contribution in [1.29, 1.82) is 0 Å². The van der Waals surface area contributed by atoms with Crippen LogP contribution in [0.1, 0.15) is 15.9 Å². The fourth-order valence-electron chi connectivity index (χ4n) is 4.16. The average molecular weight is 522 g/mol. The number of hydrogen-bond donors (Lipinski definition) is 6. The van der Waals surface area contributed by atoms with Crippen LogP contribution in [0.4, 0.5) is 4.79 Å². The first kappa shape index (κ1) is 27.1. The molecule has 10 nitrogen and oxygen atoms in total. The van der Waals surface area contributed by atoms with E-state index in [0.717, 1.165) is 16.7 Å². The molecule has 0 aliphatic carbocycles. The first-order chi connectivity index (χ1) is 18.4. The van der Waals surface area contributed by atoms with Crippen LogP contribution in [0.2, 0.25) is 0 Å². The van der Waals surface area contributed by atoms with E-state index in [4.69, 9.17) is 9.47 Å². The summed E-state index contributed by atoms with van der Waals surface area (Å²) in [5.74, 6) is 0.158. The molecule has 1 saturated heterocycles. The maximum atomic E-state index is 12.9. The second-order valence-electron chi connectivity index (χ2n) is 8.90. The smallest absolute Gasteiger partial charge is 0.315 e. The molecule has 0 unspecified atom stereocenters. The SMILES string of the molecule is COc1ccc(CNC(=O)NC[C@H]2O[C@H](O)[C@@H](NC(=O)c3cccc(-c4ccccc4)c3)[C@@H](O)[C@@H]2O)cc1. The van der Waals surface area contributed by atoms with Crippen molar-refractivity contribution in [1.82, 2.24) is 16.0 Å². The highest BCUT2D eigenvalue weighted by Gasteiger charge is 2.44. The molecule has 1 aliphatic heterocycles. The van der Waals surface area contributed by atoms with E-state index in [0.29, 0.717) is 11.3 Å². The Morgan fingerprint density at radius 1 is 0.868 bits per heavy atom. The molecule has 3 amide bonds. The minimum absolute atomic E-state index is 0.177. The van der Waals surface area contributed by atoms with E-state index in [1.165, 1.54) is 0 Å². The van der Waals surface area contributed by atoms with Crippen LogP contribution in [-0.2, 0) is 11.3 Å². The molecule has 3 aromatic rings. The van der Waals surface area contributed by atoms with E-state index in [9.17, 15) is 24.9 Å². The normalized spacial score (nSPS) is 22.8. The molecule has 0 saturated carbocycles. The number of carbonyl (C=O) groups is 2. The molecule has 1 heterocycles. The second kappa shape index (κ2) is 12.5. The van der Waals surface area contributed by atoms with E-state index in [2.05, 4.69) is 16.0 Å². The second-order valence-corrected chi connectivity index (χ2v) is 8.90. The van der Waals surface area contributed by atoms with E-state index in [-0.39, 0.29) is 13.1 Å². The number of benzene rings is 3. The maximum absolute atomic E-state index is 12.9. The van der Waals surface area contributed by atoms with Crippen molar-refractivity contribution in [2.24, 2.45) is 0 Å². The van der Waals surface area contributed by atoms with Gasteiger partial charge in [-0.1, -0.05) is 54.6 Å². The number of hydrogen-bond acceptors (Lipinski definition) is 7. The van der Waals surface area contributed by atoms with Crippen LogP contribution in [0, 0.1) is 0 Å². The highest BCUT2D eigenvalue weighted by molar-refractivity contribution is 5.95. The van der Waals surface area contributed by atoms with Gasteiger partial charge < -0.3 is 40.7 Å². The molecule has 38 heavy (non-hydrogen) atoms. The van der Waals surface area contributed by atoms with Gasteiger partial charge in [0.1, 0.15) is 30.1 Å². The lowest BCUT2D eigenvalue weighted by Crippen LogP contribution is -2.65. The Bertz CT molecular complexity index is 1220. The molecule has 0 radical (unpaired) electrons. The Balaban J connectivity index is 1.29. The summed E-state index contributed by atoms with van der Waals surface area (Å²) < 4.78 is 10.5. The molecule has 10 heteroatoms. The molecule has 0 aromatic heterocycles. The van der Waals surface area contributed by atoms with Crippen molar-refractivity contribution in [2.45, 2.75) is 37.2 Å². The van der Waals surface area contributed by atoms with Crippen LogP contribution in [0.25, 0.3) is 11.1 Å². The highest BCUT2D eigenvalue weighted by Crippen LogP contribution is 2.22. The number of amides is 3. The number of urea groups is 1. The lowest BCUT2D eigenvalue weighted by Gasteiger charge is -2.41. The number of aliphatic hydroxyl groups is 3. The van der Waals surface area contributed by atoms with Crippen LogP contribution in [0.5, 0.6) is 5.75 Å². The van der Waals surface area contributed by atoms with Crippen molar-refractivity contribution >= 4 is 11.9 Å². The summed E-state index contributed by atoms with van der Waals surface area (Å²) in [5, 5.41) is 39.4. The van der Waals surface area contributed by atoms with E-state index >= 15 is 0 Å². The Morgan fingerprint density at radius 2 is 1.58 bits per heavy atom. The highest BCUT2D eigenvalue weighted by atomic mass is 16.6. The summed E-state index contributed by atoms with van der Waals surface area (Å²) in [5.41, 5.74) is 2.93. The third-order valence-electron chi connectivity index (χ3n) is 6.33. The molecule has 3 aromatic carbocycles. The summed E-state index contributed by atoms with van der Waals surface area (Å²) in [6, 6.07) is 21.8. The Morgan fingerprint density at radius 3 is 2.29 bits per heavy atom.